The Hall–Kier alpha value is -3.04. The lowest BCUT2D eigenvalue weighted by molar-refractivity contribution is -0.138. The first-order chi connectivity index (χ1) is 19.2. The van der Waals surface area contributed by atoms with Gasteiger partial charge >= 0.3 is 6.09 Å². The van der Waals surface area contributed by atoms with Gasteiger partial charge in [0.25, 0.3) is 11.8 Å². The first kappa shape index (κ1) is 32.5. The maximum atomic E-state index is 13.3. The molecule has 1 aromatic carbocycles. The Morgan fingerprint density at radius 2 is 1.76 bits per heavy atom. The summed E-state index contributed by atoms with van der Waals surface area (Å²) in [4.78, 5) is 69.3. The number of carbonyl (C=O) groups is 5. The molecular weight excluding hydrogens is 642 g/mol. The first-order valence-electron chi connectivity index (χ1n) is 12.6. The molecule has 0 spiro atoms. The van der Waals surface area contributed by atoms with Gasteiger partial charge in [0.15, 0.2) is 0 Å². The van der Waals surface area contributed by atoms with Crippen molar-refractivity contribution in [1.82, 2.24) is 15.1 Å². The second kappa shape index (κ2) is 14.7. The van der Waals surface area contributed by atoms with Gasteiger partial charge in [-0.1, -0.05) is 11.6 Å². The fraction of sp³-hybridized carbons (Fsp3) is 0.423. The van der Waals surface area contributed by atoms with Crippen LogP contribution in [0.1, 0.15) is 16.1 Å². The molecule has 222 valence electrons. The van der Waals surface area contributed by atoms with Crippen molar-refractivity contribution in [1.29, 1.82) is 0 Å². The third-order valence-electron chi connectivity index (χ3n) is 6.44. The third kappa shape index (κ3) is 8.04. The number of hydrogen-bond acceptors (Lipinski definition) is 9. The minimum absolute atomic E-state index is 0. The summed E-state index contributed by atoms with van der Waals surface area (Å²) in [5, 5.41) is 2.88. The van der Waals surface area contributed by atoms with Crippen molar-refractivity contribution in [2.24, 2.45) is 0 Å². The molecular formula is C26H31BrClN5O7S. The summed E-state index contributed by atoms with van der Waals surface area (Å²) in [6.07, 6.45) is -1.23. The normalized spacial score (nSPS) is 16.7. The van der Waals surface area contributed by atoms with Crippen LogP contribution in [0.5, 0.6) is 0 Å². The maximum Gasteiger partial charge on any atom is 0.414 e. The zero-order valence-corrected chi connectivity index (χ0v) is 25.8. The molecule has 0 unspecified atom stereocenters. The van der Waals surface area contributed by atoms with Gasteiger partial charge in [-0.3, -0.25) is 29.0 Å². The third-order valence-corrected chi connectivity index (χ3v) is 7.66. The van der Waals surface area contributed by atoms with E-state index in [9.17, 15) is 24.0 Å². The molecule has 1 atom stereocenters. The van der Waals surface area contributed by atoms with Crippen LogP contribution in [0.25, 0.3) is 0 Å². The van der Waals surface area contributed by atoms with Crippen molar-refractivity contribution in [2.45, 2.75) is 12.5 Å². The Balaban J connectivity index is 0.00000462. The van der Waals surface area contributed by atoms with Crippen molar-refractivity contribution in [3.63, 3.8) is 0 Å². The zero-order chi connectivity index (χ0) is 28.8. The van der Waals surface area contributed by atoms with Gasteiger partial charge in [-0.25, -0.2) is 4.79 Å². The second-order valence-electron chi connectivity index (χ2n) is 9.25. The highest BCUT2D eigenvalue weighted by Crippen LogP contribution is 2.27. The zero-order valence-electron chi connectivity index (χ0n) is 22.5. The van der Waals surface area contributed by atoms with Gasteiger partial charge in [-0.05, 0) is 43.4 Å². The van der Waals surface area contributed by atoms with Gasteiger partial charge in [0.2, 0.25) is 11.8 Å². The monoisotopic (exact) mass is 671 g/mol. The number of cyclic esters (lactones) is 1. The van der Waals surface area contributed by atoms with Crippen LogP contribution < -0.4 is 15.1 Å². The van der Waals surface area contributed by atoms with Gasteiger partial charge in [-0.15, -0.1) is 28.3 Å². The molecule has 3 heterocycles. The van der Waals surface area contributed by atoms with E-state index in [1.165, 1.54) is 22.9 Å². The largest absolute Gasteiger partial charge is 0.442 e. The van der Waals surface area contributed by atoms with Gasteiger partial charge in [0.05, 0.1) is 35.5 Å². The fourth-order valence-electron chi connectivity index (χ4n) is 4.29. The van der Waals surface area contributed by atoms with Gasteiger partial charge in [0.1, 0.15) is 12.7 Å². The molecule has 5 amide bonds. The van der Waals surface area contributed by atoms with Crippen molar-refractivity contribution in [2.75, 3.05) is 69.8 Å². The molecule has 2 aliphatic heterocycles. The number of nitrogens with one attached hydrogen (secondary N) is 1. The minimum atomic E-state index is -0.804. The number of morpholine rings is 1. The Labute approximate surface area is 256 Å². The number of imide groups is 1. The quantitative estimate of drug-likeness (QED) is 0.408. The number of thiophene rings is 1. The van der Waals surface area contributed by atoms with Crippen LogP contribution >= 0.6 is 39.9 Å². The molecule has 2 fully saturated rings. The highest BCUT2D eigenvalue weighted by Gasteiger charge is 2.37. The van der Waals surface area contributed by atoms with E-state index in [-0.39, 0.29) is 66.3 Å². The summed E-state index contributed by atoms with van der Waals surface area (Å²) >= 11 is 7.03. The lowest BCUT2D eigenvalue weighted by Crippen LogP contribution is -2.47. The van der Waals surface area contributed by atoms with Crippen LogP contribution in [0.4, 0.5) is 16.2 Å². The van der Waals surface area contributed by atoms with E-state index >= 15 is 0 Å². The number of ether oxygens (including phenoxy) is 2. The molecule has 0 radical (unpaired) electrons. The topological polar surface area (TPSA) is 129 Å². The summed E-state index contributed by atoms with van der Waals surface area (Å²) in [7, 11) is 3.21. The van der Waals surface area contributed by atoms with Gasteiger partial charge in [0, 0.05) is 37.9 Å². The van der Waals surface area contributed by atoms with Crippen molar-refractivity contribution < 1.29 is 33.4 Å². The molecule has 1 aromatic heterocycles. The summed E-state index contributed by atoms with van der Waals surface area (Å²) in [5.74, 6) is -1.60. The molecule has 0 saturated carbocycles. The summed E-state index contributed by atoms with van der Waals surface area (Å²) in [6, 6.07) is 9.95. The van der Waals surface area contributed by atoms with Crippen LogP contribution in [0.2, 0.25) is 4.34 Å². The molecule has 12 nitrogen and oxygen atoms in total. The lowest BCUT2D eigenvalue weighted by atomic mass is 10.2. The number of amides is 5. The van der Waals surface area contributed by atoms with Crippen LogP contribution in [0.15, 0.2) is 36.4 Å². The van der Waals surface area contributed by atoms with E-state index in [0.29, 0.717) is 35.4 Å². The highest BCUT2D eigenvalue weighted by atomic mass is 79.9. The lowest BCUT2D eigenvalue weighted by Gasteiger charge is -2.27. The molecule has 41 heavy (non-hydrogen) atoms. The van der Waals surface area contributed by atoms with E-state index in [4.69, 9.17) is 21.1 Å². The smallest absolute Gasteiger partial charge is 0.414 e. The maximum absolute atomic E-state index is 13.3. The average molecular weight is 673 g/mol. The van der Waals surface area contributed by atoms with Crippen LogP contribution in [0, 0.1) is 0 Å². The summed E-state index contributed by atoms with van der Waals surface area (Å²) in [5.41, 5.74) is 1.23. The number of carbonyl (C=O) groups excluding carboxylic acids is 5. The molecule has 0 aliphatic carbocycles. The highest BCUT2D eigenvalue weighted by molar-refractivity contribution is 8.93. The predicted octanol–water partition coefficient (Wildman–Crippen LogP) is 2.40. The SMILES string of the molecule is Br.CNCCC(=O)N(C)CC(=O)N(C[C@H]1CN(c2ccc(N3CCOCC3=O)cc2)C(=O)O1)C(=O)c1ccc(Cl)s1. The Morgan fingerprint density at radius 1 is 1.07 bits per heavy atom. The van der Waals surface area contributed by atoms with E-state index in [0.717, 1.165) is 16.2 Å². The second-order valence-corrected chi connectivity index (χ2v) is 11.0. The Bertz CT molecular complexity index is 1280. The standard InChI is InChI=1S/C26H30ClN5O7S.BrH/c1-28-10-9-22(33)29(2)15-23(34)32(25(36)20-7-8-21(27)40-20)14-19-13-31(26(37)39-19)18-5-3-17(4-6-18)30-11-12-38-16-24(30)35;/h3-8,19,28H,9-16H2,1-2H3;1H/t19-;/m1./s1. The van der Waals surface area contributed by atoms with Crippen LogP contribution in [-0.4, -0.2) is 106 Å². The number of likely N-dealkylation sites (N-methyl/N-ethyl adjacent to an activating group) is 1. The number of nitrogens with zero attached hydrogens (tertiary/aromatic N) is 4. The van der Waals surface area contributed by atoms with Crippen molar-refractivity contribution in [3.8, 4) is 0 Å². The molecule has 4 rings (SSSR count). The molecule has 2 saturated heterocycles. The minimum Gasteiger partial charge on any atom is -0.442 e. The van der Waals surface area contributed by atoms with Crippen molar-refractivity contribution in [3.05, 3.63) is 45.6 Å². The molecule has 2 aliphatic rings. The van der Waals surface area contributed by atoms with E-state index < -0.39 is 24.0 Å². The van der Waals surface area contributed by atoms with Gasteiger partial charge in [-0.2, -0.15) is 0 Å². The average Bonchev–Trinajstić information content (AvgIpc) is 3.55. The summed E-state index contributed by atoms with van der Waals surface area (Å²) in [6.45, 7) is 0.926. The predicted molar refractivity (Wildman–Crippen MR) is 159 cm³/mol. The molecule has 15 heteroatoms. The van der Waals surface area contributed by atoms with E-state index in [2.05, 4.69) is 5.32 Å². The molecule has 2 aromatic rings. The van der Waals surface area contributed by atoms with Crippen LogP contribution in [0.3, 0.4) is 0 Å². The molecule has 1 N–H and O–H groups in total. The van der Waals surface area contributed by atoms with Gasteiger partial charge < -0.3 is 24.6 Å². The number of benzene rings is 1. The Kier molecular flexibility index (Phi) is 11.7. The fourth-order valence-corrected chi connectivity index (χ4v) is 5.29. The number of hydrogen-bond donors (Lipinski definition) is 1. The van der Waals surface area contributed by atoms with E-state index in [1.54, 1.807) is 42.3 Å². The Morgan fingerprint density at radius 3 is 2.37 bits per heavy atom. The van der Waals surface area contributed by atoms with E-state index in [1.807, 2.05) is 0 Å². The number of rotatable bonds is 10. The first-order valence-corrected chi connectivity index (χ1v) is 13.8. The summed E-state index contributed by atoms with van der Waals surface area (Å²) < 4.78 is 11.1. The molecule has 0 bridgehead atoms. The van der Waals surface area contributed by atoms with Crippen LogP contribution in [-0.2, 0) is 23.9 Å². The number of anilines is 2. The van der Waals surface area contributed by atoms with Crippen molar-refractivity contribution >= 4 is 81.0 Å². The number of halogens is 2.